The second-order valence-corrected chi connectivity index (χ2v) is 12.5. The van der Waals surface area contributed by atoms with Gasteiger partial charge in [0.2, 0.25) is 5.28 Å². The van der Waals surface area contributed by atoms with Gasteiger partial charge in [0.1, 0.15) is 23.8 Å². The molecule has 5 atom stereocenters. The molecule has 4 rings (SSSR count). The third-order valence-electron chi connectivity index (χ3n) is 6.70. The van der Waals surface area contributed by atoms with Gasteiger partial charge in [0.15, 0.2) is 17.7 Å². The first-order valence-corrected chi connectivity index (χ1v) is 15.2. The predicted molar refractivity (Wildman–Crippen MR) is 143 cm³/mol. The molecule has 0 aliphatic carbocycles. The molecule has 14 nitrogen and oxygen atoms in total. The van der Waals surface area contributed by atoms with Crippen molar-refractivity contribution in [1.82, 2.24) is 19.5 Å². The molecule has 0 bridgehead atoms. The van der Waals surface area contributed by atoms with E-state index < -0.39 is 49.2 Å². The molecule has 2 aliphatic rings. The van der Waals surface area contributed by atoms with Crippen LogP contribution in [0, 0.1) is 0 Å². The minimum Gasteiger partial charge on any atom is -0.479 e. The molecule has 16 heteroatoms. The standard InChI is InChI=1S/C24H37ClN5O9P/c1-6-10-24(21(31)32,40(33,35-7-2)36-8-3)34-12-15-17-18(39-23(4,5)38-17)20(37-15)30-13-27-16-14(9-11-26)28-22(25)29-19(16)30/h13,15,17-18,20H,6-12,26H2,1-5H3,(H,31,32)/t15-,17-,18-,20-,24?/m1/s1. The first-order valence-electron chi connectivity index (χ1n) is 13.3. The van der Waals surface area contributed by atoms with Crippen LogP contribution in [0.15, 0.2) is 6.33 Å². The molecule has 2 aliphatic heterocycles. The fourth-order valence-corrected chi connectivity index (χ4v) is 7.50. The van der Waals surface area contributed by atoms with E-state index >= 15 is 0 Å². The lowest BCUT2D eigenvalue weighted by Gasteiger charge is -2.36. The normalized spacial score (nSPS) is 25.8. The summed E-state index contributed by atoms with van der Waals surface area (Å²) < 4.78 is 51.1. The van der Waals surface area contributed by atoms with Crippen LogP contribution in [0.1, 0.15) is 59.4 Å². The van der Waals surface area contributed by atoms with E-state index in [-0.39, 0.29) is 31.5 Å². The highest BCUT2D eigenvalue weighted by Gasteiger charge is 2.61. The molecule has 0 amide bonds. The number of ether oxygens (including phenoxy) is 4. The number of hydrogen-bond donors (Lipinski definition) is 2. The van der Waals surface area contributed by atoms with E-state index in [0.717, 1.165) is 0 Å². The first-order chi connectivity index (χ1) is 19.0. The molecule has 4 heterocycles. The molecule has 0 saturated carbocycles. The van der Waals surface area contributed by atoms with Crippen LogP contribution in [0.25, 0.3) is 11.2 Å². The predicted octanol–water partition coefficient (Wildman–Crippen LogP) is 3.26. The van der Waals surface area contributed by atoms with Crippen molar-refractivity contribution in [3.63, 3.8) is 0 Å². The van der Waals surface area contributed by atoms with Crippen molar-refractivity contribution >= 4 is 36.3 Å². The third-order valence-corrected chi connectivity index (χ3v) is 9.49. The lowest BCUT2D eigenvalue weighted by atomic mass is 10.1. The first kappa shape index (κ1) is 31.2. The Morgan fingerprint density at radius 1 is 1.23 bits per heavy atom. The summed E-state index contributed by atoms with van der Waals surface area (Å²) in [5.41, 5.74) is 7.28. The number of carboxylic acid groups (broad SMARTS) is 1. The largest absolute Gasteiger partial charge is 0.479 e. The number of aliphatic carboxylic acids is 1. The summed E-state index contributed by atoms with van der Waals surface area (Å²) in [4.78, 5) is 25.7. The second kappa shape index (κ2) is 12.2. The molecule has 40 heavy (non-hydrogen) atoms. The van der Waals surface area contributed by atoms with Gasteiger partial charge in [0, 0.05) is 6.42 Å². The smallest absolute Gasteiger partial charge is 0.373 e. The van der Waals surface area contributed by atoms with Crippen molar-refractivity contribution in [3.05, 3.63) is 17.3 Å². The number of carbonyl (C=O) groups is 1. The topological polar surface area (TPSA) is 179 Å². The van der Waals surface area contributed by atoms with E-state index in [1.807, 2.05) is 0 Å². The number of rotatable bonds is 14. The highest BCUT2D eigenvalue weighted by Crippen LogP contribution is 2.63. The average molecular weight is 606 g/mol. The molecule has 2 saturated heterocycles. The fraction of sp³-hybridized carbons (Fsp3) is 0.750. The molecular formula is C24H37ClN5O9P. The Hall–Kier alpha value is -1.74. The van der Waals surface area contributed by atoms with E-state index in [4.69, 9.17) is 45.3 Å². The van der Waals surface area contributed by atoms with Crippen molar-refractivity contribution in [2.24, 2.45) is 5.73 Å². The van der Waals surface area contributed by atoms with E-state index in [2.05, 4.69) is 15.0 Å². The minimum atomic E-state index is -4.26. The van der Waals surface area contributed by atoms with Gasteiger partial charge in [-0.25, -0.2) is 14.8 Å². The van der Waals surface area contributed by atoms with Crippen molar-refractivity contribution in [2.75, 3.05) is 26.4 Å². The molecule has 224 valence electrons. The lowest BCUT2D eigenvalue weighted by Crippen LogP contribution is -2.46. The van der Waals surface area contributed by atoms with Gasteiger partial charge in [-0.2, -0.15) is 4.98 Å². The van der Waals surface area contributed by atoms with Gasteiger partial charge < -0.3 is 38.8 Å². The van der Waals surface area contributed by atoms with Crippen molar-refractivity contribution in [1.29, 1.82) is 0 Å². The monoisotopic (exact) mass is 605 g/mol. The quantitative estimate of drug-likeness (QED) is 0.237. The SMILES string of the molecule is CCCC(OC[C@H]1O[C@@H](n2cnc3c(CCN)nc(Cl)nc32)[C@@H]2OC(C)(C)O[C@@H]21)(C(=O)O)P(=O)(OCC)OCC. The van der Waals surface area contributed by atoms with Gasteiger partial charge in [0.25, 0.3) is 5.34 Å². The minimum absolute atomic E-state index is 0.0263. The van der Waals surface area contributed by atoms with E-state index in [9.17, 15) is 14.5 Å². The average Bonchev–Trinajstić information content (AvgIpc) is 3.52. The summed E-state index contributed by atoms with van der Waals surface area (Å²) in [7, 11) is -4.26. The zero-order valence-corrected chi connectivity index (χ0v) is 24.9. The lowest BCUT2D eigenvalue weighted by molar-refractivity contribution is -0.206. The maximum absolute atomic E-state index is 13.8. The Bertz CT molecular complexity index is 1250. The van der Waals surface area contributed by atoms with Gasteiger partial charge in [-0.1, -0.05) is 13.3 Å². The number of carboxylic acids is 1. The van der Waals surface area contributed by atoms with Crippen LogP contribution in [0.2, 0.25) is 5.28 Å². The molecule has 2 aromatic heterocycles. The van der Waals surface area contributed by atoms with E-state index in [1.165, 1.54) is 0 Å². The summed E-state index contributed by atoms with van der Waals surface area (Å²) >= 11 is 6.21. The summed E-state index contributed by atoms with van der Waals surface area (Å²) in [6.07, 6.45) is -0.667. The maximum atomic E-state index is 13.8. The van der Waals surface area contributed by atoms with Gasteiger partial charge in [-0.05, 0) is 52.3 Å². The Labute approximate surface area is 237 Å². The van der Waals surface area contributed by atoms with Crippen molar-refractivity contribution in [2.45, 2.75) is 89.6 Å². The zero-order chi connectivity index (χ0) is 29.3. The molecule has 0 aromatic carbocycles. The second-order valence-electron chi connectivity index (χ2n) is 9.92. The van der Waals surface area contributed by atoms with Crippen LogP contribution in [-0.2, 0) is 43.8 Å². The Morgan fingerprint density at radius 2 is 1.90 bits per heavy atom. The highest BCUT2D eigenvalue weighted by atomic mass is 35.5. The van der Waals surface area contributed by atoms with Gasteiger partial charge in [0.05, 0.1) is 31.8 Å². The molecule has 0 spiro atoms. The van der Waals surface area contributed by atoms with Crippen LogP contribution in [-0.4, -0.2) is 86.4 Å². The Balaban J connectivity index is 1.69. The van der Waals surface area contributed by atoms with Gasteiger partial charge in [-0.3, -0.25) is 9.13 Å². The Morgan fingerprint density at radius 3 is 2.50 bits per heavy atom. The summed E-state index contributed by atoms with van der Waals surface area (Å²) in [5, 5.41) is 8.08. The Kier molecular flexibility index (Phi) is 9.55. The maximum Gasteiger partial charge on any atom is 0.373 e. The summed E-state index contributed by atoms with van der Waals surface area (Å²) in [5.74, 6) is -2.42. The number of nitrogens with two attached hydrogens (primary N) is 1. The number of nitrogens with zero attached hydrogens (tertiary/aromatic N) is 4. The van der Waals surface area contributed by atoms with Crippen LogP contribution >= 0.6 is 19.2 Å². The zero-order valence-electron chi connectivity index (χ0n) is 23.2. The van der Waals surface area contributed by atoms with Crippen molar-refractivity contribution < 1.29 is 42.5 Å². The van der Waals surface area contributed by atoms with Crippen LogP contribution in [0.4, 0.5) is 0 Å². The number of halogens is 1. The van der Waals surface area contributed by atoms with Crippen LogP contribution in [0.5, 0.6) is 0 Å². The van der Waals surface area contributed by atoms with Crippen LogP contribution < -0.4 is 5.73 Å². The van der Waals surface area contributed by atoms with Gasteiger partial charge in [-0.15, -0.1) is 0 Å². The van der Waals surface area contributed by atoms with Crippen molar-refractivity contribution in [3.8, 4) is 0 Å². The van der Waals surface area contributed by atoms with Gasteiger partial charge >= 0.3 is 13.6 Å². The van der Waals surface area contributed by atoms with Crippen LogP contribution in [0.3, 0.4) is 0 Å². The highest BCUT2D eigenvalue weighted by molar-refractivity contribution is 7.56. The molecule has 3 N–H and O–H groups in total. The summed E-state index contributed by atoms with van der Waals surface area (Å²) in [6.45, 7) is 8.50. The number of imidazole rings is 1. The molecule has 0 radical (unpaired) electrons. The number of aromatic nitrogens is 4. The molecule has 2 aromatic rings. The van der Waals surface area contributed by atoms with E-state index in [0.29, 0.717) is 36.2 Å². The molecule has 1 unspecified atom stereocenters. The molecular weight excluding hydrogens is 569 g/mol. The summed E-state index contributed by atoms with van der Waals surface area (Å²) in [6, 6.07) is 0. The number of fused-ring (bicyclic) bond motifs is 2. The number of hydrogen-bond acceptors (Lipinski definition) is 12. The third kappa shape index (κ3) is 5.66. The van der Waals surface area contributed by atoms with E-state index in [1.54, 1.807) is 45.5 Å². The molecule has 2 fully saturated rings. The fourth-order valence-electron chi connectivity index (χ4n) is 5.18.